The summed E-state index contributed by atoms with van der Waals surface area (Å²) in [6, 6.07) is 0. The Morgan fingerprint density at radius 3 is 2.25 bits per heavy atom. The number of carbonyl (C=O) groups excluding carboxylic acids is 3. The highest BCUT2D eigenvalue weighted by molar-refractivity contribution is 6.30. The van der Waals surface area contributed by atoms with Crippen LogP contribution in [0.1, 0.15) is 53.9 Å². The largest absolute Gasteiger partial charge is 0.504 e. The Balaban J connectivity index is 2.33. The van der Waals surface area contributed by atoms with E-state index < -0.39 is 17.0 Å². The Bertz CT molecular complexity index is 773. The van der Waals surface area contributed by atoms with Crippen LogP contribution in [0, 0.1) is 16.7 Å². The Labute approximate surface area is 142 Å². The number of aldehydes is 1. The molecule has 0 aromatic rings. The standard InChI is InChI=1S/C20H24O4/c1-10(2)12-15(22)13-11(9-21)18-19(3,4)7-6-8-20(18,5)14(13)17(24)16(12)23/h9-10,23H,6-8H2,1-5H3/t20-/m1/s1. The van der Waals surface area contributed by atoms with Crippen LogP contribution in [0.25, 0.3) is 0 Å². The smallest absolute Gasteiger partial charge is 0.225 e. The van der Waals surface area contributed by atoms with Crippen molar-refractivity contribution in [3.63, 3.8) is 0 Å². The molecule has 4 nitrogen and oxygen atoms in total. The molecule has 128 valence electrons. The molecule has 0 unspecified atom stereocenters. The van der Waals surface area contributed by atoms with E-state index in [0.29, 0.717) is 17.6 Å². The molecule has 0 spiro atoms. The van der Waals surface area contributed by atoms with Gasteiger partial charge in [-0.2, -0.15) is 0 Å². The molecular formula is C20H24O4. The van der Waals surface area contributed by atoms with Gasteiger partial charge in [-0.15, -0.1) is 0 Å². The molecule has 0 bridgehead atoms. The summed E-state index contributed by atoms with van der Waals surface area (Å²) >= 11 is 0. The van der Waals surface area contributed by atoms with Crippen molar-refractivity contribution in [2.75, 3.05) is 0 Å². The van der Waals surface area contributed by atoms with E-state index in [1.807, 2.05) is 6.92 Å². The fraction of sp³-hybridized carbons (Fsp3) is 0.550. The fourth-order valence-corrected chi connectivity index (χ4v) is 5.06. The highest BCUT2D eigenvalue weighted by Gasteiger charge is 2.56. The summed E-state index contributed by atoms with van der Waals surface area (Å²) in [6.07, 6.45) is 3.27. The van der Waals surface area contributed by atoms with Crippen LogP contribution >= 0.6 is 0 Å². The molecule has 0 aromatic carbocycles. The highest BCUT2D eigenvalue weighted by Crippen LogP contribution is 2.62. The molecule has 0 heterocycles. The minimum absolute atomic E-state index is 0.124. The zero-order chi connectivity index (χ0) is 18.0. The topological polar surface area (TPSA) is 71.4 Å². The number of aliphatic hydroxyl groups is 1. The van der Waals surface area contributed by atoms with E-state index in [1.165, 1.54) is 0 Å². The number of Topliss-reactive ketones (excluding diaryl/α,β-unsaturated/α-hetero) is 2. The van der Waals surface area contributed by atoms with Gasteiger partial charge in [0.15, 0.2) is 17.8 Å². The predicted octanol–water partition coefficient (Wildman–Crippen LogP) is 3.63. The summed E-state index contributed by atoms with van der Waals surface area (Å²) in [5.74, 6) is -1.57. The minimum Gasteiger partial charge on any atom is -0.504 e. The van der Waals surface area contributed by atoms with Gasteiger partial charge in [-0.05, 0) is 29.7 Å². The van der Waals surface area contributed by atoms with Crippen LogP contribution in [-0.4, -0.2) is 23.0 Å². The second-order valence-electron chi connectivity index (χ2n) is 8.30. The molecule has 1 atom stereocenters. The maximum Gasteiger partial charge on any atom is 0.225 e. The first-order valence-electron chi connectivity index (χ1n) is 8.56. The molecule has 3 rings (SSSR count). The Hall–Kier alpha value is -1.97. The maximum absolute atomic E-state index is 13.0. The fourth-order valence-electron chi connectivity index (χ4n) is 5.06. The van der Waals surface area contributed by atoms with E-state index in [1.54, 1.807) is 13.8 Å². The van der Waals surface area contributed by atoms with Crippen molar-refractivity contribution in [3.05, 3.63) is 33.6 Å². The summed E-state index contributed by atoms with van der Waals surface area (Å²) < 4.78 is 0. The van der Waals surface area contributed by atoms with Gasteiger partial charge in [0, 0.05) is 27.7 Å². The van der Waals surface area contributed by atoms with Crippen molar-refractivity contribution in [3.8, 4) is 0 Å². The SMILES string of the molecule is CC(C)C1=C(O)C(=O)C2=C(C1=O)C(C=O)=C1C(C)(C)CCC[C@]21C. The number of allylic oxidation sites excluding steroid dienone is 5. The van der Waals surface area contributed by atoms with Crippen molar-refractivity contribution >= 4 is 17.9 Å². The molecule has 1 N–H and O–H groups in total. The average molecular weight is 328 g/mol. The number of fused-ring (bicyclic) bond motifs is 2. The van der Waals surface area contributed by atoms with Crippen LogP contribution in [-0.2, 0) is 14.4 Å². The summed E-state index contributed by atoms with van der Waals surface area (Å²) in [4.78, 5) is 37.9. The van der Waals surface area contributed by atoms with Crippen molar-refractivity contribution in [2.24, 2.45) is 16.7 Å². The first kappa shape index (κ1) is 16.9. The minimum atomic E-state index is -0.642. The van der Waals surface area contributed by atoms with Gasteiger partial charge in [0.2, 0.25) is 5.78 Å². The first-order valence-corrected chi connectivity index (χ1v) is 8.56. The molecule has 3 aliphatic rings. The van der Waals surface area contributed by atoms with Crippen molar-refractivity contribution < 1.29 is 19.5 Å². The molecule has 3 aliphatic carbocycles. The van der Waals surface area contributed by atoms with Gasteiger partial charge in [0.1, 0.15) is 0 Å². The molecule has 1 saturated carbocycles. The van der Waals surface area contributed by atoms with E-state index in [9.17, 15) is 19.5 Å². The van der Waals surface area contributed by atoms with E-state index in [0.717, 1.165) is 24.7 Å². The maximum atomic E-state index is 13.0. The number of hydrogen-bond donors (Lipinski definition) is 1. The van der Waals surface area contributed by atoms with Crippen molar-refractivity contribution in [1.29, 1.82) is 0 Å². The summed E-state index contributed by atoms with van der Waals surface area (Å²) in [5.41, 5.74) is 1.06. The lowest BCUT2D eigenvalue weighted by Gasteiger charge is -2.45. The van der Waals surface area contributed by atoms with E-state index in [2.05, 4.69) is 13.8 Å². The molecule has 24 heavy (non-hydrogen) atoms. The lowest BCUT2D eigenvalue weighted by Crippen LogP contribution is -2.37. The Morgan fingerprint density at radius 1 is 1.08 bits per heavy atom. The van der Waals surface area contributed by atoms with Crippen LogP contribution in [0.3, 0.4) is 0 Å². The van der Waals surface area contributed by atoms with Crippen LogP contribution in [0.2, 0.25) is 0 Å². The Morgan fingerprint density at radius 2 is 1.71 bits per heavy atom. The molecule has 0 aliphatic heterocycles. The molecule has 4 heteroatoms. The van der Waals surface area contributed by atoms with Gasteiger partial charge in [-0.25, -0.2) is 0 Å². The van der Waals surface area contributed by atoms with Crippen molar-refractivity contribution in [2.45, 2.75) is 53.9 Å². The average Bonchev–Trinajstić information content (AvgIpc) is 2.74. The van der Waals surface area contributed by atoms with Gasteiger partial charge in [0.05, 0.1) is 0 Å². The quantitative estimate of drug-likeness (QED) is 0.620. The molecule has 0 radical (unpaired) electrons. The Kier molecular flexibility index (Phi) is 3.52. The second-order valence-corrected chi connectivity index (χ2v) is 8.30. The lowest BCUT2D eigenvalue weighted by molar-refractivity contribution is -0.119. The monoisotopic (exact) mass is 328 g/mol. The number of carbonyl (C=O) groups is 3. The molecule has 1 fully saturated rings. The van der Waals surface area contributed by atoms with Crippen LogP contribution in [0.4, 0.5) is 0 Å². The third-order valence-corrected chi connectivity index (χ3v) is 5.91. The van der Waals surface area contributed by atoms with Crippen LogP contribution in [0.5, 0.6) is 0 Å². The van der Waals surface area contributed by atoms with E-state index in [4.69, 9.17) is 0 Å². The number of rotatable bonds is 2. The van der Waals surface area contributed by atoms with Gasteiger partial charge >= 0.3 is 0 Å². The summed E-state index contributed by atoms with van der Waals surface area (Å²) in [6.45, 7) is 9.60. The molecular weight excluding hydrogens is 304 g/mol. The number of ketones is 2. The number of hydrogen-bond acceptors (Lipinski definition) is 4. The predicted molar refractivity (Wildman–Crippen MR) is 90.4 cm³/mol. The lowest BCUT2D eigenvalue weighted by atomic mass is 9.58. The van der Waals surface area contributed by atoms with Crippen LogP contribution in [0.15, 0.2) is 33.6 Å². The second kappa shape index (κ2) is 5.01. The van der Waals surface area contributed by atoms with Crippen LogP contribution < -0.4 is 0 Å². The number of aliphatic hydroxyl groups excluding tert-OH is 1. The third kappa shape index (κ3) is 1.89. The van der Waals surface area contributed by atoms with Gasteiger partial charge < -0.3 is 5.11 Å². The van der Waals surface area contributed by atoms with Gasteiger partial charge in [-0.3, -0.25) is 14.4 Å². The third-order valence-electron chi connectivity index (χ3n) is 5.91. The summed E-state index contributed by atoms with van der Waals surface area (Å²) in [7, 11) is 0. The van der Waals surface area contributed by atoms with E-state index >= 15 is 0 Å². The zero-order valence-electron chi connectivity index (χ0n) is 14.9. The zero-order valence-corrected chi connectivity index (χ0v) is 14.9. The molecule has 0 amide bonds. The van der Waals surface area contributed by atoms with Gasteiger partial charge in [-0.1, -0.05) is 41.0 Å². The highest BCUT2D eigenvalue weighted by atomic mass is 16.3. The van der Waals surface area contributed by atoms with Gasteiger partial charge in [0.25, 0.3) is 0 Å². The normalized spacial score (nSPS) is 29.4. The summed E-state index contributed by atoms with van der Waals surface area (Å²) in [5, 5.41) is 10.4. The van der Waals surface area contributed by atoms with E-state index in [-0.39, 0.29) is 28.3 Å². The molecule has 0 aromatic heterocycles. The molecule has 0 saturated heterocycles. The van der Waals surface area contributed by atoms with Crippen molar-refractivity contribution in [1.82, 2.24) is 0 Å². The first-order chi connectivity index (χ1) is 11.1.